The van der Waals surface area contributed by atoms with Gasteiger partial charge in [-0.15, -0.1) is 0 Å². The topological polar surface area (TPSA) is 27.7 Å². The highest BCUT2D eigenvalue weighted by molar-refractivity contribution is 6.36. The SMILES string of the molecule is CO[SiH](OC)OCCCC1CCCCC1. The van der Waals surface area contributed by atoms with E-state index < -0.39 is 9.53 Å². The van der Waals surface area contributed by atoms with Crippen LogP contribution in [0.5, 0.6) is 0 Å². The molecule has 0 atom stereocenters. The summed E-state index contributed by atoms with van der Waals surface area (Å²) in [5.41, 5.74) is 0. The Kier molecular flexibility index (Phi) is 7.26. The molecule has 1 fully saturated rings. The van der Waals surface area contributed by atoms with Gasteiger partial charge in [0, 0.05) is 20.8 Å². The highest BCUT2D eigenvalue weighted by atomic mass is 28.3. The van der Waals surface area contributed by atoms with Crippen molar-refractivity contribution >= 4 is 9.53 Å². The first-order valence-corrected chi connectivity index (χ1v) is 7.45. The van der Waals surface area contributed by atoms with Crippen LogP contribution in [0.15, 0.2) is 0 Å². The van der Waals surface area contributed by atoms with E-state index in [1.165, 1.54) is 38.5 Å². The van der Waals surface area contributed by atoms with Gasteiger partial charge in [0.25, 0.3) is 0 Å². The Morgan fingerprint density at radius 2 is 1.73 bits per heavy atom. The normalized spacial score (nSPS) is 18.6. The molecule has 0 unspecified atom stereocenters. The van der Waals surface area contributed by atoms with Crippen molar-refractivity contribution in [2.45, 2.75) is 44.9 Å². The standard InChI is InChI=1S/C11H24O3Si/c1-12-15(13-2)14-10-6-9-11-7-4-3-5-8-11/h11,15H,3-10H2,1-2H3. The van der Waals surface area contributed by atoms with Crippen LogP contribution >= 0.6 is 0 Å². The summed E-state index contributed by atoms with van der Waals surface area (Å²) in [5, 5.41) is 0. The molecule has 0 aliphatic heterocycles. The fourth-order valence-corrected chi connectivity index (χ4v) is 3.08. The molecule has 0 aromatic carbocycles. The summed E-state index contributed by atoms with van der Waals surface area (Å²) in [6.45, 7) is 0.801. The minimum Gasteiger partial charge on any atom is -0.379 e. The molecule has 1 aliphatic rings. The van der Waals surface area contributed by atoms with Gasteiger partial charge in [-0.2, -0.15) is 0 Å². The third-order valence-electron chi connectivity index (χ3n) is 3.12. The predicted octanol–water partition coefficient (Wildman–Crippen LogP) is 2.37. The minimum atomic E-state index is -1.77. The van der Waals surface area contributed by atoms with E-state index in [1.54, 1.807) is 14.2 Å². The Morgan fingerprint density at radius 1 is 1.07 bits per heavy atom. The summed E-state index contributed by atoms with van der Waals surface area (Å²) in [4.78, 5) is 0. The average Bonchev–Trinajstić information content (AvgIpc) is 2.31. The minimum absolute atomic E-state index is 0.801. The molecule has 90 valence electrons. The van der Waals surface area contributed by atoms with Crippen LogP contribution in [0, 0.1) is 5.92 Å². The van der Waals surface area contributed by atoms with Gasteiger partial charge >= 0.3 is 9.53 Å². The van der Waals surface area contributed by atoms with Crippen LogP contribution in [0.2, 0.25) is 0 Å². The Bertz CT molecular complexity index is 145. The maximum atomic E-state index is 5.53. The van der Waals surface area contributed by atoms with Crippen LogP contribution in [0.1, 0.15) is 44.9 Å². The van der Waals surface area contributed by atoms with Crippen molar-refractivity contribution in [1.29, 1.82) is 0 Å². The lowest BCUT2D eigenvalue weighted by molar-refractivity contribution is 0.130. The van der Waals surface area contributed by atoms with Crippen LogP contribution in [0.4, 0.5) is 0 Å². The van der Waals surface area contributed by atoms with Gasteiger partial charge in [-0.25, -0.2) is 0 Å². The lowest BCUT2D eigenvalue weighted by Crippen LogP contribution is -2.24. The molecule has 3 nitrogen and oxygen atoms in total. The summed E-state index contributed by atoms with van der Waals surface area (Å²) >= 11 is 0. The van der Waals surface area contributed by atoms with Crippen molar-refractivity contribution in [1.82, 2.24) is 0 Å². The molecule has 0 bridgehead atoms. The van der Waals surface area contributed by atoms with E-state index in [0.29, 0.717) is 0 Å². The molecule has 0 N–H and O–H groups in total. The van der Waals surface area contributed by atoms with Gasteiger partial charge in [0.2, 0.25) is 0 Å². The monoisotopic (exact) mass is 232 g/mol. The Balaban J connectivity index is 1.95. The smallest absolute Gasteiger partial charge is 0.379 e. The fourth-order valence-electron chi connectivity index (χ4n) is 2.26. The Morgan fingerprint density at radius 3 is 2.33 bits per heavy atom. The summed E-state index contributed by atoms with van der Waals surface area (Å²) < 4.78 is 15.7. The van der Waals surface area contributed by atoms with Gasteiger partial charge in [-0.1, -0.05) is 32.1 Å². The van der Waals surface area contributed by atoms with Gasteiger partial charge in [-0.05, 0) is 18.8 Å². The zero-order valence-corrected chi connectivity index (χ0v) is 11.2. The predicted molar refractivity (Wildman–Crippen MR) is 62.9 cm³/mol. The second-order valence-corrected chi connectivity index (χ2v) is 6.13. The molecule has 1 rings (SSSR count). The molecule has 0 amide bonds. The van der Waals surface area contributed by atoms with E-state index in [9.17, 15) is 0 Å². The zero-order valence-electron chi connectivity index (χ0n) is 10.0. The highest BCUT2D eigenvalue weighted by Crippen LogP contribution is 2.27. The molecule has 0 aromatic rings. The van der Waals surface area contributed by atoms with E-state index in [0.717, 1.165) is 18.9 Å². The summed E-state index contributed by atoms with van der Waals surface area (Å²) in [5.74, 6) is 0.951. The molecule has 1 aliphatic carbocycles. The molecular weight excluding hydrogens is 208 g/mol. The Hall–Kier alpha value is 0.0969. The summed E-state index contributed by atoms with van der Waals surface area (Å²) in [6.07, 6.45) is 9.62. The molecule has 4 heteroatoms. The van der Waals surface area contributed by atoms with Crippen LogP contribution < -0.4 is 0 Å². The third kappa shape index (κ3) is 5.66. The van der Waals surface area contributed by atoms with Crippen LogP contribution in [0.3, 0.4) is 0 Å². The lowest BCUT2D eigenvalue weighted by atomic mass is 9.86. The molecule has 0 spiro atoms. The van der Waals surface area contributed by atoms with E-state index in [2.05, 4.69) is 0 Å². The van der Waals surface area contributed by atoms with Crippen molar-refractivity contribution < 1.29 is 13.3 Å². The molecule has 0 saturated heterocycles. The Labute approximate surface area is 95.1 Å². The molecular formula is C11H24O3Si. The second-order valence-electron chi connectivity index (χ2n) is 4.28. The van der Waals surface area contributed by atoms with E-state index >= 15 is 0 Å². The molecule has 1 saturated carbocycles. The van der Waals surface area contributed by atoms with Crippen LogP contribution in [-0.4, -0.2) is 30.4 Å². The van der Waals surface area contributed by atoms with Crippen molar-refractivity contribution in [3.8, 4) is 0 Å². The van der Waals surface area contributed by atoms with Crippen LogP contribution in [0.25, 0.3) is 0 Å². The quantitative estimate of drug-likeness (QED) is 0.498. The van der Waals surface area contributed by atoms with Crippen molar-refractivity contribution in [3.63, 3.8) is 0 Å². The van der Waals surface area contributed by atoms with E-state index in [4.69, 9.17) is 13.3 Å². The zero-order chi connectivity index (χ0) is 10.9. The number of rotatable bonds is 7. The van der Waals surface area contributed by atoms with Gasteiger partial charge in [0.1, 0.15) is 0 Å². The lowest BCUT2D eigenvalue weighted by Gasteiger charge is -2.21. The largest absolute Gasteiger partial charge is 0.483 e. The maximum absolute atomic E-state index is 5.53. The molecule has 15 heavy (non-hydrogen) atoms. The fraction of sp³-hybridized carbons (Fsp3) is 1.00. The first-order chi connectivity index (χ1) is 7.36. The van der Waals surface area contributed by atoms with E-state index in [1.807, 2.05) is 0 Å². The van der Waals surface area contributed by atoms with Crippen LogP contribution in [-0.2, 0) is 13.3 Å². The number of hydrogen-bond acceptors (Lipinski definition) is 3. The highest BCUT2D eigenvalue weighted by Gasteiger charge is 2.14. The van der Waals surface area contributed by atoms with Gasteiger partial charge in [-0.3, -0.25) is 0 Å². The summed E-state index contributed by atoms with van der Waals surface area (Å²) in [7, 11) is 1.54. The van der Waals surface area contributed by atoms with Gasteiger partial charge in [0.05, 0.1) is 0 Å². The molecule has 0 heterocycles. The maximum Gasteiger partial charge on any atom is 0.483 e. The second kappa shape index (κ2) is 8.27. The molecule has 0 radical (unpaired) electrons. The van der Waals surface area contributed by atoms with Gasteiger partial charge in [0.15, 0.2) is 0 Å². The third-order valence-corrected chi connectivity index (χ3v) is 4.40. The van der Waals surface area contributed by atoms with Gasteiger partial charge < -0.3 is 13.3 Å². The first kappa shape index (κ1) is 13.2. The van der Waals surface area contributed by atoms with Crippen molar-refractivity contribution in [2.24, 2.45) is 5.92 Å². The first-order valence-electron chi connectivity index (χ1n) is 6.04. The average molecular weight is 232 g/mol. The van der Waals surface area contributed by atoms with E-state index in [-0.39, 0.29) is 0 Å². The van der Waals surface area contributed by atoms with Crippen molar-refractivity contribution in [2.75, 3.05) is 20.8 Å². The summed E-state index contributed by atoms with van der Waals surface area (Å²) in [6, 6.07) is 0. The van der Waals surface area contributed by atoms with Crippen molar-refractivity contribution in [3.05, 3.63) is 0 Å². The molecule has 0 aromatic heterocycles. The number of hydrogen-bond donors (Lipinski definition) is 0.